The molecule has 0 saturated heterocycles. The van der Waals surface area contributed by atoms with E-state index in [1.165, 1.54) is 32.1 Å². The maximum atomic E-state index is 4.38. The smallest absolute Gasteiger partial charge is 0.0284 e. The van der Waals surface area contributed by atoms with Crippen LogP contribution in [-0.2, 0) is 0 Å². The molecule has 0 radical (unpaired) electrons. The summed E-state index contributed by atoms with van der Waals surface area (Å²) in [7, 11) is 0. The van der Waals surface area contributed by atoms with Gasteiger partial charge in [0.2, 0.25) is 0 Å². The fourth-order valence-electron chi connectivity index (χ4n) is 1.86. The molecule has 0 aliphatic heterocycles. The molecule has 2 rings (SSSR count). The summed E-state index contributed by atoms with van der Waals surface area (Å²) in [6.45, 7) is 0. The van der Waals surface area contributed by atoms with Crippen LogP contribution in [0.15, 0.2) is 29.6 Å². The molecule has 0 amide bonds. The van der Waals surface area contributed by atoms with Gasteiger partial charge >= 0.3 is 0 Å². The van der Waals surface area contributed by atoms with E-state index >= 15 is 0 Å². The first kappa shape index (κ1) is 8.54. The minimum atomic E-state index is 0.719. The Labute approximate surface area is 79.3 Å². The van der Waals surface area contributed by atoms with E-state index in [0.717, 1.165) is 5.92 Å². The lowest BCUT2D eigenvalue weighted by atomic mass is 9.90. The normalized spacial score (nSPS) is 19.7. The van der Waals surface area contributed by atoms with Gasteiger partial charge in [0.25, 0.3) is 0 Å². The predicted octanol–water partition coefficient (Wildman–Crippen LogP) is 2.90. The van der Waals surface area contributed by atoms with E-state index in [2.05, 4.69) is 11.3 Å². The van der Waals surface area contributed by atoms with Crippen molar-refractivity contribution in [2.75, 3.05) is 0 Å². The molecule has 0 unspecified atom stereocenters. The summed E-state index contributed by atoms with van der Waals surface area (Å²) in [6, 6.07) is 4.00. The Hall–Kier alpha value is -1.05. The van der Waals surface area contributed by atoms with Gasteiger partial charge in [0.05, 0.1) is 0 Å². The van der Waals surface area contributed by atoms with Crippen LogP contribution in [0.3, 0.4) is 0 Å². The van der Waals surface area contributed by atoms with Crippen LogP contribution in [0.5, 0.6) is 0 Å². The number of rotatable bonds is 2. The lowest BCUT2D eigenvalue weighted by Gasteiger charge is -2.16. The number of aromatic nitrogens is 1. The fraction of sp³-hybridized carbons (Fsp3) is 0.545. The van der Waals surface area contributed by atoms with Gasteiger partial charge in [-0.1, -0.05) is 19.3 Å². The molecule has 0 bridgehead atoms. The van der Waals surface area contributed by atoms with Crippen LogP contribution in [0.25, 0.3) is 0 Å². The minimum absolute atomic E-state index is 0.719. The summed E-state index contributed by atoms with van der Waals surface area (Å²) < 4.78 is 1.87. The summed E-state index contributed by atoms with van der Waals surface area (Å²) in [6.07, 6.45) is 12.9. The van der Waals surface area contributed by atoms with E-state index in [1.807, 2.05) is 29.2 Å². The van der Waals surface area contributed by atoms with Gasteiger partial charge in [0.1, 0.15) is 0 Å². The Kier molecular flexibility index (Phi) is 2.80. The molecule has 70 valence electrons. The van der Waals surface area contributed by atoms with E-state index in [4.69, 9.17) is 0 Å². The average Bonchev–Trinajstić information content (AvgIpc) is 2.69. The van der Waals surface area contributed by atoms with E-state index in [0.29, 0.717) is 0 Å². The Bertz CT molecular complexity index is 256. The molecule has 1 fully saturated rings. The summed E-state index contributed by atoms with van der Waals surface area (Å²) in [5, 5.41) is 4.38. The van der Waals surface area contributed by atoms with Crippen molar-refractivity contribution in [3.8, 4) is 0 Å². The molecule has 1 heterocycles. The second-order valence-corrected chi connectivity index (χ2v) is 3.73. The van der Waals surface area contributed by atoms with E-state index in [9.17, 15) is 0 Å². The van der Waals surface area contributed by atoms with Gasteiger partial charge in [-0.15, -0.1) is 0 Å². The highest BCUT2D eigenvalue weighted by molar-refractivity contribution is 5.60. The third-order valence-corrected chi connectivity index (χ3v) is 2.65. The third-order valence-electron chi connectivity index (χ3n) is 2.65. The number of nitrogens with zero attached hydrogens (tertiary/aromatic N) is 2. The zero-order valence-electron chi connectivity index (χ0n) is 7.89. The largest absolute Gasteiger partial charge is 0.249 e. The molecule has 1 aromatic heterocycles. The second kappa shape index (κ2) is 4.26. The SMILES string of the molecule is C(=N\n1cccc1)/C1CCCCC1. The third kappa shape index (κ3) is 2.44. The maximum absolute atomic E-state index is 4.38. The molecule has 0 N–H and O–H groups in total. The zero-order chi connectivity index (χ0) is 8.93. The van der Waals surface area contributed by atoms with Gasteiger partial charge < -0.3 is 0 Å². The van der Waals surface area contributed by atoms with Gasteiger partial charge in [-0.25, -0.2) is 4.68 Å². The average molecular weight is 176 g/mol. The van der Waals surface area contributed by atoms with Crippen molar-refractivity contribution in [2.45, 2.75) is 32.1 Å². The van der Waals surface area contributed by atoms with Crippen molar-refractivity contribution in [3.05, 3.63) is 24.5 Å². The molecule has 0 aromatic carbocycles. The summed E-state index contributed by atoms with van der Waals surface area (Å²) >= 11 is 0. The van der Waals surface area contributed by atoms with E-state index < -0.39 is 0 Å². The Morgan fingerprint density at radius 1 is 1.08 bits per heavy atom. The molecule has 1 aromatic rings. The fourth-order valence-corrected chi connectivity index (χ4v) is 1.86. The number of hydrogen-bond acceptors (Lipinski definition) is 1. The van der Waals surface area contributed by atoms with Crippen LogP contribution in [0.1, 0.15) is 32.1 Å². The van der Waals surface area contributed by atoms with Gasteiger partial charge in [-0.3, -0.25) is 0 Å². The summed E-state index contributed by atoms with van der Waals surface area (Å²) in [5.74, 6) is 0.719. The van der Waals surface area contributed by atoms with Gasteiger partial charge in [-0.05, 0) is 30.9 Å². The van der Waals surface area contributed by atoms with Gasteiger partial charge in [0, 0.05) is 18.6 Å². The highest BCUT2D eigenvalue weighted by atomic mass is 15.3. The van der Waals surface area contributed by atoms with Crippen molar-refractivity contribution in [2.24, 2.45) is 11.0 Å². The Morgan fingerprint density at radius 2 is 1.77 bits per heavy atom. The zero-order valence-corrected chi connectivity index (χ0v) is 7.89. The monoisotopic (exact) mass is 176 g/mol. The summed E-state index contributed by atoms with van der Waals surface area (Å²) in [4.78, 5) is 0. The molecule has 0 atom stereocenters. The topological polar surface area (TPSA) is 17.3 Å². The highest BCUT2D eigenvalue weighted by Gasteiger charge is 2.10. The quantitative estimate of drug-likeness (QED) is 0.616. The Morgan fingerprint density at radius 3 is 2.46 bits per heavy atom. The molecule has 2 heteroatoms. The molecular formula is C11H16N2. The first-order valence-corrected chi connectivity index (χ1v) is 5.12. The molecule has 1 saturated carbocycles. The molecular weight excluding hydrogens is 160 g/mol. The first-order chi connectivity index (χ1) is 6.45. The van der Waals surface area contributed by atoms with Crippen LogP contribution in [0.4, 0.5) is 0 Å². The minimum Gasteiger partial charge on any atom is -0.249 e. The van der Waals surface area contributed by atoms with Crippen molar-refractivity contribution < 1.29 is 0 Å². The van der Waals surface area contributed by atoms with Crippen molar-refractivity contribution in [1.82, 2.24) is 4.68 Å². The second-order valence-electron chi connectivity index (χ2n) is 3.73. The highest BCUT2D eigenvalue weighted by Crippen LogP contribution is 2.21. The van der Waals surface area contributed by atoms with Crippen LogP contribution in [0, 0.1) is 5.92 Å². The van der Waals surface area contributed by atoms with Crippen LogP contribution >= 0.6 is 0 Å². The molecule has 0 spiro atoms. The molecule has 1 aliphatic carbocycles. The van der Waals surface area contributed by atoms with Crippen LogP contribution in [0.2, 0.25) is 0 Å². The van der Waals surface area contributed by atoms with Crippen LogP contribution in [-0.4, -0.2) is 10.9 Å². The lowest BCUT2D eigenvalue weighted by Crippen LogP contribution is -2.07. The van der Waals surface area contributed by atoms with Crippen molar-refractivity contribution in [1.29, 1.82) is 0 Å². The van der Waals surface area contributed by atoms with Crippen LogP contribution < -0.4 is 0 Å². The maximum Gasteiger partial charge on any atom is 0.0284 e. The van der Waals surface area contributed by atoms with Gasteiger partial charge in [-0.2, -0.15) is 5.10 Å². The van der Waals surface area contributed by atoms with Gasteiger partial charge in [0.15, 0.2) is 0 Å². The molecule has 2 nitrogen and oxygen atoms in total. The number of hydrogen-bond donors (Lipinski definition) is 0. The molecule has 1 aliphatic rings. The van der Waals surface area contributed by atoms with Crippen molar-refractivity contribution >= 4 is 6.21 Å². The van der Waals surface area contributed by atoms with E-state index in [1.54, 1.807) is 0 Å². The lowest BCUT2D eigenvalue weighted by molar-refractivity contribution is 0.443. The molecule has 13 heavy (non-hydrogen) atoms. The Balaban J connectivity index is 1.89. The van der Waals surface area contributed by atoms with E-state index in [-0.39, 0.29) is 0 Å². The summed E-state index contributed by atoms with van der Waals surface area (Å²) in [5.41, 5.74) is 0. The first-order valence-electron chi connectivity index (χ1n) is 5.12. The standard InChI is InChI=1S/C11H16N2/c1-2-6-11(7-3-1)10-12-13-8-4-5-9-13/h4-5,8-11H,1-3,6-7H2/b12-10+. The predicted molar refractivity (Wildman–Crippen MR) is 54.9 cm³/mol. The van der Waals surface area contributed by atoms with Crippen molar-refractivity contribution in [3.63, 3.8) is 0 Å².